The number of rotatable bonds is 4. The second kappa shape index (κ2) is 6.05. The first kappa shape index (κ1) is 16.4. The summed E-state index contributed by atoms with van der Waals surface area (Å²) in [6, 6.07) is 4.71. The molecule has 0 bridgehead atoms. The van der Waals surface area contributed by atoms with Crippen molar-refractivity contribution in [1.29, 1.82) is 0 Å². The van der Waals surface area contributed by atoms with E-state index in [2.05, 4.69) is 74.7 Å². The average molecular weight is 341 g/mol. The molecule has 2 aliphatic heterocycles. The van der Waals surface area contributed by atoms with Gasteiger partial charge in [0.05, 0.1) is 12.2 Å². The van der Waals surface area contributed by atoms with Crippen LogP contribution >= 0.6 is 0 Å². The van der Waals surface area contributed by atoms with Gasteiger partial charge in [-0.3, -0.25) is 4.90 Å². The molecular formula is C18H27N7. The third-order valence-corrected chi connectivity index (χ3v) is 5.31. The standard InChI is InChI=1S/C18H27N7/c1-18(2,3)14-7-8-15(20-19-14)24-10-13(11-24)23(4)12-17-22-21-16-6-5-9-25(16)17/h7-8,13H,5-6,9-12H2,1-4H3. The Morgan fingerprint density at radius 1 is 1.12 bits per heavy atom. The largest absolute Gasteiger partial charge is 0.352 e. The fourth-order valence-corrected chi connectivity index (χ4v) is 3.49. The molecular weight excluding hydrogens is 314 g/mol. The van der Waals surface area contributed by atoms with E-state index in [9.17, 15) is 0 Å². The lowest BCUT2D eigenvalue weighted by molar-refractivity contribution is 0.190. The summed E-state index contributed by atoms with van der Waals surface area (Å²) < 4.78 is 2.28. The molecule has 134 valence electrons. The van der Waals surface area contributed by atoms with Crippen LogP contribution in [-0.4, -0.2) is 56.0 Å². The quantitative estimate of drug-likeness (QED) is 0.842. The van der Waals surface area contributed by atoms with Crippen LogP contribution in [0.1, 0.15) is 44.5 Å². The number of hydrogen-bond donors (Lipinski definition) is 0. The number of likely N-dealkylation sites (N-methyl/N-ethyl adjacent to an activating group) is 1. The van der Waals surface area contributed by atoms with E-state index in [0.717, 1.165) is 55.8 Å². The number of fused-ring (bicyclic) bond motifs is 1. The highest BCUT2D eigenvalue weighted by Crippen LogP contribution is 2.25. The van der Waals surface area contributed by atoms with E-state index < -0.39 is 0 Å². The molecule has 0 aliphatic carbocycles. The maximum Gasteiger partial charge on any atom is 0.151 e. The number of aryl methyl sites for hydroxylation is 1. The van der Waals surface area contributed by atoms with Crippen molar-refractivity contribution in [2.45, 2.75) is 58.2 Å². The van der Waals surface area contributed by atoms with Crippen molar-refractivity contribution < 1.29 is 0 Å². The highest BCUT2D eigenvalue weighted by molar-refractivity contribution is 5.42. The fraction of sp³-hybridized carbons (Fsp3) is 0.667. The molecule has 0 aromatic carbocycles. The molecule has 0 saturated carbocycles. The predicted molar refractivity (Wildman–Crippen MR) is 96.5 cm³/mol. The number of aromatic nitrogens is 5. The summed E-state index contributed by atoms with van der Waals surface area (Å²) in [5, 5.41) is 17.5. The highest BCUT2D eigenvalue weighted by atomic mass is 15.4. The van der Waals surface area contributed by atoms with Gasteiger partial charge in [0, 0.05) is 37.5 Å². The van der Waals surface area contributed by atoms with Gasteiger partial charge >= 0.3 is 0 Å². The Labute approximate surface area is 149 Å². The maximum atomic E-state index is 4.41. The van der Waals surface area contributed by atoms with Gasteiger partial charge in [0.2, 0.25) is 0 Å². The summed E-state index contributed by atoms with van der Waals surface area (Å²) in [7, 11) is 2.17. The van der Waals surface area contributed by atoms with Crippen LogP contribution < -0.4 is 4.90 Å². The van der Waals surface area contributed by atoms with Crippen LogP contribution in [0, 0.1) is 0 Å². The lowest BCUT2D eigenvalue weighted by Crippen LogP contribution is -2.58. The molecule has 0 N–H and O–H groups in total. The maximum absolute atomic E-state index is 4.41. The molecule has 0 unspecified atom stereocenters. The minimum atomic E-state index is 0.0434. The third-order valence-electron chi connectivity index (χ3n) is 5.31. The lowest BCUT2D eigenvalue weighted by atomic mass is 9.92. The van der Waals surface area contributed by atoms with E-state index in [1.165, 1.54) is 6.42 Å². The van der Waals surface area contributed by atoms with Crippen LogP contribution in [0.5, 0.6) is 0 Å². The Kier molecular flexibility index (Phi) is 3.98. The minimum absolute atomic E-state index is 0.0434. The van der Waals surface area contributed by atoms with Crippen LogP contribution in [0.15, 0.2) is 12.1 Å². The van der Waals surface area contributed by atoms with Gasteiger partial charge in [-0.2, -0.15) is 5.10 Å². The molecule has 0 radical (unpaired) electrons. The monoisotopic (exact) mass is 341 g/mol. The van der Waals surface area contributed by atoms with Crippen molar-refractivity contribution in [3.8, 4) is 0 Å². The Morgan fingerprint density at radius 3 is 2.60 bits per heavy atom. The Morgan fingerprint density at radius 2 is 1.92 bits per heavy atom. The van der Waals surface area contributed by atoms with Crippen molar-refractivity contribution in [2.24, 2.45) is 0 Å². The van der Waals surface area contributed by atoms with E-state index in [4.69, 9.17) is 0 Å². The van der Waals surface area contributed by atoms with Crippen molar-refractivity contribution in [1.82, 2.24) is 29.9 Å². The molecule has 0 amide bonds. The topological polar surface area (TPSA) is 63.0 Å². The first-order valence-electron chi connectivity index (χ1n) is 9.12. The molecule has 2 aliphatic rings. The van der Waals surface area contributed by atoms with Crippen LogP contribution in [-0.2, 0) is 24.9 Å². The molecule has 2 aromatic heterocycles. The molecule has 0 atom stereocenters. The molecule has 7 heteroatoms. The molecule has 4 heterocycles. The van der Waals surface area contributed by atoms with Crippen LogP contribution in [0.25, 0.3) is 0 Å². The fourth-order valence-electron chi connectivity index (χ4n) is 3.49. The van der Waals surface area contributed by atoms with Crippen LogP contribution in [0.4, 0.5) is 5.82 Å². The zero-order chi connectivity index (χ0) is 17.6. The average Bonchev–Trinajstić information content (AvgIpc) is 3.10. The van der Waals surface area contributed by atoms with Crippen molar-refractivity contribution in [2.75, 3.05) is 25.0 Å². The van der Waals surface area contributed by atoms with Crippen molar-refractivity contribution in [3.05, 3.63) is 29.5 Å². The summed E-state index contributed by atoms with van der Waals surface area (Å²) in [5.41, 5.74) is 1.08. The molecule has 1 saturated heterocycles. The van der Waals surface area contributed by atoms with Crippen LogP contribution in [0.3, 0.4) is 0 Å². The lowest BCUT2D eigenvalue weighted by Gasteiger charge is -2.44. The second-order valence-corrected chi connectivity index (χ2v) is 8.29. The van der Waals surface area contributed by atoms with Crippen LogP contribution in [0.2, 0.25) is 0 Å². The predicted octanol–water partition coefficient (Wildman–Crippen LogP) is 1.63. The number of anilines is 1. The van der Waals surface area contributed by atoms with E-state index in [1.54, 1.807) is 0 Å². The van der Waals surface area contributed by atoms with Crippen molar-refractivity contribution >= 4 is 5.82 Å². The summed E-state index contributed by atoms with van der Waals surface area (Å²) >= 11 is 0. The first-order chi connectivity index (χ1) is 11.9. The Bertz CT molecular complexity index is 738. The van der Waals surface area contributed by atoms with Gasteiger partial charge in [-0.1, -0.05) is 20.8 Å². The molecule has 7 nitrogen and oxygen atoms in total. The van der Waals surface area contributed by atoms with Gasteiger partial charge in [-0.05, 0) is 25.6 Å². The molecule has 25 heavy (non-hydrogen) atoms. The molecule has 4 rings (SSSR count). The third kappa shape index (κ3) is 3.13. The number of nitrogens with zero attached hydrogens (tertiary/aromatic N) is 7. The van der Waals surface area contributed by atoms with Gasteiger partial charge in [-0.15, -0.1) is 15.3 Å². The first-order valence-corrected chi connectivity index (χ1v) is 9.12. The summed E-state index contributed by atoms with van der Waals surface area (Å²) in [6.07, 6.45) is 2.26. The van der Waals surface area contributed by atoms with Gasteiger partial charge in [0.25, 0.3) is 0 Å². The van der Waals surface area contributed by atoms with Crippen molar-refractivity contribution in [3.63, 3.8) is 0 Å². The Balaban J connectivity index is 1.33. The summed E-state index contributed by atoms with van der Waals surface area (Å²) in [6.45, 7) is 10.4. The zero-order valence-corrected chi connectivity index (χ0v) is 15.6. The molecule has 2 aromatic rings. The van der Waals surface area contributed by atoms with E-state index >= 15 is 0 Å². The highest BCUT2D eigenvalue weighted by Gasteiger charge is 2.32. The zero-order valence-electron chi connectivity index (χ0n) is 15.6. The van der Waals surface area contributed by atoms with Gasteiger partial charge < -0.3 is 9.47 Å². The van der Waals surface area contributed by atoms with E-state index in [1.807, 2.05) is 0 Å². The Hall–Kier alpha value is -2.02. The SMILES string of the molecule is CN(Cc1nnc2n1CCC2)C1CN(c2ccc(C(C)(C)C)nn2)C1. The molecule has 1 fully saturated rings. The second-order valence-electron chi connectivity index (χ2n) is 8.29. The van der Waals surface area contributed by atoms with E-state index in [-0.39, 0.29) is 5.41 Å². The van der Waals surface area contributed by atoms with Gasteiger partial charge in [-0.25, -0.2) is 0 Å². The smallest absolute Gasteiger partial charge is 0.151 e. The van der Waals surface area contributed by atoms with E-state index in [0.29, 0.717) is 6.04 Å². The summed E-state index contributed by atoms with van der Waals surface area (Å²) in [4.78, 5) is 4.66. The van der Waals surface area contributed by atoms with Gasteiger partial charge in [0.15, 0.2) is 5.82 Å². The number of hydrogen-bond acceptors (Lipinski definition) is 6. The summed E-state index contributed by atoms with van der Waals surface area (Å²) in [5.74, 6) is 3.22. The molecule has 0 spiro atoms. The van der Waals surface area contributed by atoms with Gasteiger partial charge in [0.1, 0.15) is 11.6 Å². The normalized spacial score (nSPS) is 17.9. The minimum Gasteiger partial charge on any atom is -0.352 e.